The summed E-state index contributed by atoms with van der Waals surface area (Å²) in [6, 6.07) is 3.74. The van der Waals surface area contributed by atoms with Gasteiger partial charge in [0, 0.05) is 30.8 Å². The highest BCUT2D eigenvalue weighted by molar-refractivity contribution is 6.62. The van der Waals surface area contributed by atoms with E-state index in [0.29, 0.717) is 18.1 Å². The molecule has 2 aromatic rings. The van der Waals surface area contributed by atoms with Crippen LogP contribution in [0.4, 0.5) is 11.5 Å². The zero-order valence-electron chi connectivity index (χ0n) is 19.2. The van der Waals surface area contributed by atoms with E-state index in [-0.39, 0.29) is 24.1 Å². The molecule has 10 heteroatoms. The number of rotatable bonds is 4. The van der Waals surface area contributed by atoms with Crippen molar-refractivity contribution in [3.63, 3.8) is 0 Å². The third-order valence-corrected chi connectivity index (χ3v) is 6.42. The van der Waals surface area contributed by atoms with Crippen molar-refractivity contribution < 1.29 is 14.1 Å². The van der Waals surface area contributed by atoms with E-state index in [9.17, 15) is 9.59 Å². The zero-order valence-corrected chi connectivity index (χ0v) is 19.2. The van der Waals surface area contributed by atoms with Gasteiger partial charge in [0.15, 0.2) is 5.82 Å². The summed E-state index contributed by atoms with van der Waals surface area (Å²) in [5.74, 6) is 0.562. The van der Waals surface area contributed by atoms with Gasteiger partial charge in [0.05, 0.1) is 23.4 Å². The number of pyridine rings is 1. The Bertz CT molecular complexity index is 1070. The van der Waals surface area contributed by atoms with Gasteiger partial charge in [-0.2, -0.15) is 5.10 Å². The van der Waals surface area contributed by atoms with Crippen molar-refractivity contribution in [1.82, 2.24) is 19.2 Å². The molecule has 0 aromatic carbocycles. The second-order valence-electron chi connectivity index (χ2n) is 9.61. The molecule has 1 N–H and O–H groups in total. The molecule has 0 spiro atoms. The second kappa shape index (κ2) is 7.24. The Balaban J connectivity index is 1.62. The molecule has 4 rings (SSSR count). The largest absolute Gasteiger partial charge is 0.496 e. The number of aromatic nitrogens is 3. The van der Waals surface area contributed by atoms with Gasteiger partial charge < -0.3 is 24.1 Å². The maximum absolute atomic E-state index is 12.8. The highest BCUT2D eigenvalue weighted by atomic mass is 16.7. The normalized spacial score (nSPS) is 19.8. The molecule has 1 fully saturated rings. The van der Waals surface area contributed by atoms with Gasteiger partial charge in [-0.15, -0.1) is 0 Å². The molecule has 166 valence electrons. The van der Waals surface area contributed by atoms with Crippen LogP contribution in [0.25, 0.3) is 0 Å². The molecule has 0 aliphatic carbocycles. The number of carbonyl (C=O) groups is 1. The minimum atomic E-state index is -0.579. The SMILES string of the molecule is CC(C)N1Cc2cc(Nc3cc(B4OC(C)(C)C(C)(C)O4)cn(C)c3=O)nn2CC1=O. The Labute approximate surface area is 182 Å². The number of hydrogen-bond donors (Lipinski definition) is 1. The number of carbonyl (C=O) groups excluding carboxylic acids is 1. The highest BCUT2D eigenvalue weighted by Crippen LogP contribution is 2.36. The number of aryl methyl sites for hydroxylation is 1. The van der Waals surface area contributed by atoms with Crippen LogP contribution in [0.1, 0.15) is 47.2 Å². The first kappa shape index (κ1) is 21.6. The number of nitrogens with one attached hydrogen (secondary N) is 1. The van der Waals surface area contributed by atoms with Crippen LogP contribution in [0, 0.1) is 0 Å². The molecule has 0 bridgehead atoms. The van der Waals surface area contributed by atoms with Gasteiger partial charge in [-0.1, -0.05) is 0 Å². The maximum Gasteiger partial charge on any atom is 0.496 e. The van der Waals surface area contributed by atoms with Gasteiger partial charge in [0.1, 0.15) is 12.2 Å². The van der Waals surface area contributed by atoms with Gasteiger partial charge in [0.2, 0.25) is 5.91 Å². The molecular weight excluding hydrogens is 397 g/mol. The lowest BCUT2D eigenvalue weighted by Crippen LogP contribution is -2.43. The first-order chi connectivity index (χ1) is 14.4. The highest BCUT2D eigenvalue weighted by Gasteiger charge is 2.52. The summed E-state index contributed by atoms with van der Waals surface area (Å²) in [6.07, 6.45) is 1.73. The summed E-state index contributed by atoms with van der Waals surface area (Å²) in [4.78, 5) is 26.9. The smallest absolute Gasteiger partial charge is 0.399 e. The van der Waals surface area contributed by atoms with Crippen LogP contribution in [-0.2, 0) is 34.2 Å². The minimum Gasteiger partial charge on any atom is -0.399 e. The van der Waals surface area contributed by atoms with Crippen molar-refractivity contribution >= 4 is 30.0 Å². The standard InChI is InChI=1S/C21H30BN5O4/c1-13(2)26-11-15-9-17(24-27(15)12-18(26)28)23-16-8-14(10-25(7)19(16)29)22-30-20(3,4)21(5,6)31-22/h8-10,13H,11-12H2,1-7H3,(H,23,24). The third-order valence-electron chi connectivity index (χ3n) is 6.42. The fourth-order valence-electron chi connectivity index (χ4n) is 3.81. The van der Waals surface area contributed by atoms with Gasteiger partial charge in [-0.05, 0) is 47.6 Å². The Morgan fingerprint density at radius 1 is 1.10 bits per heavy atom. The van der Waals surface area contributed by atoms with E-state index >= 15 is 0 Å². The number of nitrogens with zero attached hydrogens (tertiary/aromatic N) is 4. The van der Waals surface area contributed by atoms with Gasteiger partial charge >= 0.3 is 7.12 Å². The van der Waals surface area contributed by atoms with E-state index in [1.54, 1.807) is 24.0 Å². The van der Waals surface area contributed by atoms with Gasteiger partial charge in [0.25, 0.3) is 5.56 Å². The molecule has 2 aromatic heterocycles. The number of hydrogen-bond acceptors (Lipinski definition) is 6. The molecule has 9 nitrogen and oxygen atoms in total. The summed E-state index contributed by atoms with van der Waals surface area (Å²) in [6.45, 7) is 12.6. The van der Waals surface area contributed by atoms with Gasteiger partial charge in [-0.25, -0.2) is 0 Å². The van der Waals surface area contributed by atoms with E-state index in [2.05, 4.69) is 10.4 Å². The topological polar surface area (TPSA) is 90.6 Å². The number of fused-ring (bicyclic) bond motifs is 1. The average Bonchev–Trinajstić information content (AvgIpc) is 3.13. The van der Waals surface area contributed by atoms with E-state index in [0.717, 1.165) is 11.2 Å². The van der Waals surface area contributed by atoms with Crippen LogP contribution >= 0.6 is 0 Å². The molecule has 1 saturated heterocycles. The monoisotopic (exact) mass is 427 g/mol. The predicted octanol–water partition coefficient (Wildman–Crippen LogP) is 1.38. The molecule has 0 saturated carbocycles. The Hall–Kier alpha value is -2.59. The molecule has 31 heavy (non-hydrogen) atoms. The van der Waals surface area contributed by atoms with Crippen molar-refractivity contribution in [3.8, 4) is 0 Å². The maximum atomic E-state index is 12.8. The molecule has 2 aliphatic rings. The summed E-state index contributed by atoms with van der Waals surface area (Å²) in [5.41, 5.74) is 0.904. The van der Waals surface area contributed by atoms with Crippen molar-refractivity contribution in [2.45, 2.75) is 71.9 Å². The predicted molar refractivity (Wildman–Crippen MR) is 119 cm³/mol. The third kappa shape index (κ3) is 3.78. The summed E-state index contributed by atoms with van der Waals surface area (Å²) >= 11 is 0. The van der Waals surface area contributed by atoms with Crippen LogP contribution in [0.5, 0.6) is 0 Å². The second-order valence-corrected chi connectivity index (χ2v) is 9.61. The van der Waals surface area contributed by atoms with Crippen molar-refractivity contribution in [2.24, 2.45) is 7.05 Å². The van der Waals surface area contributed by atoms with E-state index < -0.39 is 18.3 Å². The van der Waals surface area contributed by atoms with E-state index in [4.69, 9.17) is 9.31 Å². The first-order valence-corrected chi connectivity index (χ1v) is 10.6. The van der Waals surface area contributed by atoms with Crippen LogP contribution in [-0.4, -0.2) is 49.5 Å². The molecule has 2 aliphatic heterocycles. The lowest BCUT2D eigenvalue weighted by molar-refractivity contribution is -0.136. The fraction of sp³-hybridized carbons (Fsp3) is 0.571. The number of amides is 1. The molecule has 1 amide bonds. The molecular formula is C21H30BN5O4. The zero-order chi connectivity index (χ0) is 22.7. The fourth-order valence-corrected chi connectivity index (χ4v) is 3.81. The van der Waals surface area contributed by atoms with Crippen LogP contribution in [0.3, 0.4) is 0 Å². The minimum absolute atomic E-state index is 0.0378. The Kier molecular flexibility index (Phi) is 5.05. The summed E-state index contributed by atoms with van der Waals surface area (Å²) < 4.78 is 15.5. The van der Waals surface area contributed by atoms with Crippen molar-refractivity contribution in [2.75, 3.05) is 5.32 Å². The quantitative estimate of drug-likeness (QED) is 0.742. The van der Waals surface area contributed by atoms with Crippen molar-refractivity contribution in [1.29, 1.82) is 0 Å². The Morgan fingerprint density at radius 3 is 2.35 bits per heavy atom. The molecule has 0 radical (unpaired) electrons. The summed E-state index contributed by atoms with van der Waals surface area (Å²) in [5, 5.41) is 7.61. The van der Waals surface area contributed by atoms with Crippen LogP contribution in [0.2, 0.25) is 0 Å². The van der Waals surface area contributed by atoms with Crippen molar-refractivity contribution in [3.05, 3.63) is 34.4 Å². The van der Waals surface area contributed by atoms with Crippen LogP contribution < -0.4 is 16.3 Å². The number of anilines is 2. The average molecular weight is 427 g/mol. The van der Waals surface area contributed by atoms with E-state index in [1.807, 2.05) is 52.5 Å². The summed E-state index contributed by atoms with van der Waals surface area (Å²) in [7, 11) is 1.12. The lowest BCUT2D eigenvalue weighted by Gasteiger charge is -2.32. The van der Waals surface area contributed by atoms with E-state index in [1.165, 1.54) is 4.57 Å². The molecule has 0 atom stereocenters. The van der Waals surface area contributed by atoms with Gasteiger partial charge in [-0.3, -0.25) is 14.3 Å². The van der Waals surface area contributed by atoms with Crippen LogP contribution in [0.15, 0.2) is 23.1 Å². The molecule has 0 unspecified atom stereocenters. The first-order valence-electron chi connectivity index (χ1n) is 10.6. The Morgan fingerprint density at radius 2 is 1.74 bits per heavy atom. The lowest BCUT2D eigenvalue weighted by atomic mass is 9.80. The molecule has 4 heterocycles.